The normalized spacial score (nSPS) is 18.8. The zero-order chi connectivity index (χ0) is 17.0. The van der Waals surface area contributed by atoms with E-state index >= 15 is 0 Å². The van der Waals surface area contributed by atoms with Crippen molar-refractivity contribution in [3.8, 4) is 0 Å². The molecule has 1 saturated heterocycles. The van der Waals surface area contributed by atoms with Gasteiger partial charge in [0.2, 0.25) is 5.91 Å². The minimum absolute atomic E-state index is 0.562. The van der Waals surface area contributed by atoms with E-state index in [1.54, 1.807) is 13.1 Å². The van der Waals surface area contributed by atoms with Gasteiger partial charge in [0.15, 0.2) is 0 Å². The molecule has 0 bridgehead atoms. The highest BCUT2D eigenvalue weighted by Gasteiger charge is 2.31. The van der Waals surface area contributed by atoms with Gasteiger partial charge in [-0.05, 0) is 6.92 Å². The minimum Gasteiger partial charge on any atom is -0.346 e. The Morgan fingerprint density at radius 2 is 2.00 bits per heavy atom. The van der Waals surface area contributed by atoms with Crippen molar-refractivity contribution in [3.63, 3.8) is 0 Å². The lowest BCUT2D eigenvalue weighted by molar-refractivity contribution is -0.141. The molecule has 0 aromatic carbocycles. The van der Waals surface area contributed by atoms with Crippen LogP contribution < -0.4 is 5.32 Å². The Labute approximate surface area is 133 Å². The summed E-state index contributed by atoms with van der Waals surface area (Å²) in [5.41, 5.74) is 0. The fourth-order valence-corrected chi connectivity index (χ4v) is 2.56. The first-order valence-corrected chi connectivity index (χ1v) is 7.53. The lowest BCUT2D eigenvalue weighted by Crippen LogP contribution is -2.54. The quantitative estimate of drug-likeness (QED) is 0.858. The van der Waals surface area contributed by atoms with Crippen LogP contribution in [0.3, 0.4) is 0 Å². The number of nitrogens with one attached hydrogen (secondary N) is 1. The number of piperazine rings is 1. The van der Waals surface area contributed by atoms with Crippen LogP contribution >= 0.6 is 0 Å². The molecule has 1 fully saturated rings. The first-order valence-electron chi connectivity index (χ1n) is 7.53. The van der Waals surface area contributed by atoms with E-state index in [4.69, 9.17) is 0 Å². The van der Waals surface area contributed by atoms with Crippen LogP contribution in [-0.4, -0.2) is 70.2 Å². The molecule has 1 aliphatic rings. The number of carbonyl (C=O) groups excluding carboxylic acids is 1. The van der Waals surface area contributed by atoms with Gasteiger partial charge in [-0.3, -0.25) is 14.6 Å². The molecule has 0 spiro atoms. The van der Waals surface area contributed by atoms with E-state index in [2.05, 4.69) is 9.88 Å². The van der Waals surface area contributed by atoms with Crippen LogP contribution in [0.1, 0.15) is 12.7 Å². The van der Waals surface area contributed by atoms with E-state index in [0.29, 0.717) is 13.1 Å². The predicted octanol–water partition coefficient (Wildman–Crippen LogP) is 0.605. The average molecular weight is 333 g/mol. The van der Waals surface area contributed by atoms with Crippen molar-refractivity contribution in [2.45, 2.75) is 25.7 Å². The highest BCUT2D eigenvalue weighted by atomic mass is 19.4. The standard InChI is InChI=1S/C14H22F3N5O/c1-11(13(23)19-10-14(15,16)17)22-7-5-21(6-8-22)9-12-18-3-4-20(12)2/h3-4,11H,5-10H2,1-2H3,(H,19,23). The van der Waals surface area contributed by atoms with Gasteiger partial charge in [-0.1, -0.05) is 0 Å². The Morgan fingerprint density at radius 1 is 1.35 bits per heavy atom. The van der Waals surface area contributed by atoms with Crippen molar-refractivity contribution in [3.05, 3.63) is 18.2 Å². The van der Waals surface area contributed by atoms with Gasteiger partial charge in [-0.15, -0.1) is 0 Å². The molecule has 0 aliphatic carbocycles. The second-order valence-corrected chi connectivity index (χ2v) is 5.78. The van der Waals surface area contributed by atoms with Gasteiger partial charge in [0, 0.05) is 45.6 Å². The molecule has 0 saturated carbocycles. The second kappa shape index (κ2) is 7.31. The molecule has 1 aromatic heterocycles. The molecule has 1 amide bonds. The molecule has 1 aliphatic heterocycles. The number of rotatable bonds is 5. The maximum Gasteiger partial charge on any atom is 0.405 e. The summed E-state index contributed by atoms with van der Waals surface area (Å²) in [6, 6.07) is -0.562. The van der Waals surface area contributed by atoms with Crippen LogP contribution in [0.2, 0.25) is 0 Å². The van der Waals surface area contributed by atoms with E-state index in [1.807, 2.05) is 28.0 Å². The number of carbonyl (C=O) groups is 1. The number of hydrogen-bond acceptors (Lipinski definition) is 4. The Kier molecular flexibility index (Phi) is 5.64. The zero-order valence-electron chi connectivity index (χ0n) is 13.3. The van der Waals surface area contributed by atoms with Gasteiger partial charge in [0.05, 0.1) is 12.6 Å². The monoisotopic (exact) mass is 333 g/mol. The van der Waals surface area contributed by atoms with Gasteiger partial charge in [0.1, 0.15) is 12.4 Å². The maximum absolute atomic E-state index is 12.1. The summed E-state index contributed by atoms with van der Waals surface area (Å²) in [6.07, 6.45) is -0.743. The molecule has 130 valence electrons. The fourth-order valence-electron chi connectivity index (χ4n) is 2.56. The Bertz CT molecular complexity index is 523. The molecule has 1 N–H and O–H groups in total. The van der Waals surface area contributed by atoms with Gasteiger partial charge in [-0.25, -0.2) is 4.98 Å². The molecule has 23 heavy (non-hydrogen) atoms. The number of imidazole rings is 1. The predicted molar refractivity (Wildman–Crippen MR) is 78.6 cm³/mol. The number of aromatic nitrogens is 2. The highest BCUT2D eigenvalue weighted by Crippen LogP contribution is 2.13. The lowest BCUT2D eigenvalue weighted by atomic mass is 10.2. The summed E-state index contributed by atoms with van der Waals surface area (Å²) in [6.45, 7) is 3.88. The molecule has 2 rings (SSSR count). The molecule has 9 heteroatoms. The van der Waals surface area contributed by atoms with E-state index in [0.717, 1.165) is 25.5 Å². The summed E-state index contributed by atoms with van der Waals surface area (Å²) in [5, 5.41) is 1.94. The zero-order valence-corrected chi connectivity index (χ0v) is 13.3. The van der Waals surface area contributed by atoms with Crippen molar-refractivity contribution in [1.29, 1.82) is 0 Å². The molecule has 1 aromatic rings. The van der Waals surface area contributed by atoms with Crippen molar-refractivity contribution < 1.29 is 18.0 Å². The molecular weight excluding hydrogens is 311 g/mol. The third-order valence-electron chi connectivity index (χ3n) is 4.08. The highest BCUT2D eigenvalue weighted by molar-refractivity contribution is 5.81. The SMILES string of the molecule is CC(C(=O)NCC(F)(F)F)N1CCN(Cc2nccn2C)CC1. The van der Waals surface area contributed by atoms with Crippen LogP contribution in [-0.2, 0) is 18.4 Å². The van der Waals surface area contributed by atoms with Crippen molar-refractivity contribution >= 4 is 5.91 Å². The Balaban J connectivity index is 1.77. The molecule has 1 unspecified atom stereocenters. The number of nitrogens with zero attached hydrogens (tertiary/aromatic N) is 4. The van der Waals surface area contributed by atoms with Crippen molar-refractivity contribution in [1.82, 2.24) is 24.7 Å². The third-order valence-corrected chi connectivity index (χ3v) is 4.08. The fraction of sp³-hybridized carbons (Fsp3) is 0.714. The number of aryl methyl sites for hydroxylation is 1. The Morgan fingerprint density at radius 3 is 2.52 bits per heavy atom. The van der Waals surface area contributed by atoms with Gasteiger partial charge in [-0.2, -0.15) is 13.2 Å². The number of alkyl halides is 3. The van der Waals surface area contributed by atoms with Crippen LogP contribution in [0.15, 0.2) is 12.4 Å². The van der Waals surface area contributed by atoms with E-state index in [9.17, 15) is 18.0 Å². The lowest BCUT2D eigenvalue weighted by Gasteiger charge is -2.37. The van der Waals surface area contributed by atoms with Crippen LogP contribution in [0.5, 0.6) is 0 Å². The van der Waals surface area contributed by atoms with Crippen LogP contribution in [0, 0.1) is 0 Å². The van der Waals surface area contributed by atoms with Crippen molar-refractivity contribution in [2.75, 3.05) is 32.7 Å². The Hall–Kier alpha value is -1.61. The smallest absolute Gasteiger partial charge is 0.346 e. The number of hydrogen-bond donors (Lipinski definition) is 1. The van der Waals surface area contributed by atoms with Crippen LogP contribution in [0.25, 0.3) is 0 Å². The third kappa shape index (κ3) is 5.21. The maximum atomic E-state index is 12.1. The summed E-state index contributed by atoms with van der Waals surface area (Å²) < 4.78 is 38.4. The summed E-state index contributed by atoms with van der Waals surface area (Å²) in [5.74, 6) is 0.384. The summed E-state index contributed by atoms with van der Waals surface area (Å²) in [7, 11) is 1.94. The first-order chi connectivity index (χ1) is 10.8. The summed E-state index contributed by atoms with van der Waals surface area (Å²) >= 11 is 0. The molecule has 6 nitrogen and oxygen atoms in total. The topological polar surface area (TPSA) is 53.4 Å². The van der Waals surface area contributed by atoms with Gasteiger partial charge >= 0.3 is 6.18 Å². The summed E-state index contributed by atoms with van der Waals surface area (Å²) in [4.78, 5) is 20.2. The second-order valence-electron chi connectivity index (χ2n) is 5.78. The average Bonchev–Trinajstić information content (AvgIpc) is 2.89. The van der Waals surface area contributed by atoms with Crippen molar-refractivity contribution in [2.24, 2.45) is 7.05 Å². The van der Waals surface area contributed by atoms with E-state index < -0.39 is 24.7 Å². The molecule has 0 radical (unpaired) electrons. The van der Waals surface area contributed by atoms with Crippen LogP contribution in [0.4, 0.5) is 13.2 Å². The number of halogens is 3. The largest absolute Gasteiger partial charge is 0.405 e. The van der Waals surface area contributed by atoms with Gasteiger partial charge in [0.25, 0.3) is 0 Å². The molecule has 2 heterocycles. The molecule has 1 atom stereocenters. The number of amides is 1. The van der Waals surface area contributed by atoms with E-state index in [1.165, 1.54) is 0 Å². The van der Waals surface area contributed by atoms with E-state index in [-0.39, 0.29) is 0 Å². The minimum atomic E-state index is -4.38. The first kappa shape index (κ1) is 17.7. The van der Waals surface area contributed by atoms with Gasteiger partial charge < -0.3 is 9.88 Å². The molecular formula is C14H22F3N5O.